The van der Waals surface area contributed by atoms with Crippen molar-refractivity contribution < 1.29 is 19.4 Å². The molecular formula is C24H18ClNO4. The first kappa shape index (κ1) is 19.7. The minimum Gasteiger partial charge on any atom is -0.506 e. The molecule has 1 heterocycles. The lowest BCUT2D eigenvalue weighted by Gasteiger charge is -2.12. The molecule has 1 N–H and O–H groups in total. The summed E-state index contributed by atoms with van der Waals surface area (Å²) >= 11 is 6.04. The number of carbonyl (C=O) groups excluding carboxylic acids is 2. The number of nitrogens with zero attached hydrogens (tertiary/aromatic N) is 1. The second-order valence-electron chi connectivity index (χ2n) is 6.84. The van der Waals surface area contributed by atoms with Crippen LogP contribution in [-0.4, -0.2) is 16.9 Å². The highest BCUT2D eigenvalue weighted by molar-refractivity contribution is 6.43. The number of rotatable bonds is 4. The minimum absolute atomic E-state index is 0.0646. The van der Waals surface area contributed by atoms with Gasteiger partial charge in [0.05, 0.1) is 11.3 Å². The van der Waals surface area contributed by atoms with E-state index in [0.29, 0.717) is 34.2 Å². The lowest BCUT2D eigenvalue weighted by atomic mass is 10.0. The van der Waals surface area contributed by atoms with E-state index >= 15 is 0 Å². The number of imide groups is 1. The Kier molecular flexibility index (Phi) is 5.29. The maximum atomic E-state index is 12.9. The van der Waals surface area contributed by atoms with E-state index in [2.05, 4.69) is 0 Å². The molecule has 3 aromatic rings. The number of aliphatic hydroxyl groups is 1. The number of carbonyl (C=O) groups is 2. The number of fused-ring (bicyclic) bond motifs is 1. The molecule has 30 heavy (non-hydrogen) atoms. The van der Waals surface area contributed by atoms with E-state index in [9.17, 15) is 14.7 Å². The first-order valence-corrected chi connectivity index (χ1v) is 9.69. The average molecular weight is 420 g/mol. The van der Waals surface area contributed by atoms with E-state index in [1.165, 1.54) is 13.0 Å². The van der Waals surface area contributed by atoms with Gasteiger partial charge < -0.3 is 9.84 Å². The summed E-state index contributed by atoms with van der Waals surface area (Å²) in [6.07, 6.45) is 0. The monoisotopic (exact) mass is 419 g/mol. The summed E-state index contributed by atoms with van der Waals surface area (Å²) in [6, 6.07) is 21.3. The van der Waals surface area contributed by atoms with Crippen LogP contribution in [0.5, 0.6) is 5.75 Å². The molecule has 0 saturated heterocycles. The Labute approximate surface area is 178 Å². The third kappa shape index (κ3) is 3.67. The van der Waals surface area contributed by atoms with Crippen LogP contribution in [0.15, 0.2) is 72.8 Å². The number of amides is 2. The molecule has 0 spiro atoms. The predicted octanol–water partition coefficient (Wildman–Crippen LogP) is 5.24. The van der Waals surface area contributed by atoms with Crippen LogP contribution < -0.4 is 9.64 Å². The number of hydrogen-bond acceptors (Lipinski definition) is 4. The summed E-state index contributed by atoms with van der Waals surface area (Å²) in [5.74, 6) is -0.602. The van der Waals surface area contributed by atoms with Gasteiger partial charge in [0, 0.05) is 23.1 Å². The molecule has 0 saturated carbocycles. The van der Waals surface area contributed by atoms with Crippen LogP contribution >= 0.6 is 11.6 Å². The lowest BCUT2D eigenvalue weighted by molar-refractivity contribution is -0.122. The maximum Gasteiger partial charge on any atom is 0.269 e. The van der Waals surface area contributed by atoms with E-state index in [0.717, 1.165) is 10.5 Å². The Balaban J connectivity index is 1.64. The molecule has 0 unspecified atom stereocenters. The van der Waals surface area contributed by atoms with Crippen molar-refractivity contribution in [2.75, 3.05) is 4.90 Å². The Morgan fingerprint density at radius 2 is 1.73 bits per heavy atom. The van der Waals surface area contributed by atoms with Gasteiger partial charge in [0.25, 0.3) is 5.91 Å². The first-order chi connectivity index (χ1) is 14.5. The average Bonchev–Trinajstić information content (AvgIpc) is 3.04. The van der Waals surface area contributed by atoms with Crippen LogP contribution in [0.3, 0.4) is 0 Å². The standard InChI is InChI=1S/C24H18ClNO4/c1-15(27)26-21-13-18(25)9-12-20(21)22(24(26)29)23(28)17-7-10-19(11-8-17)30-14-16-5-3-2-4-6-16/h2-13,28H,14H2,1H3/b23-22+. The molecule has 0 radical (unpaired) electrons. The molecule has 1 aliphatic heterocycles. The van der Waals surface area contributed by atoms with Crippen molar-refractivity contribution in [3.05, 3.63) is 94.5 Å². The molecular weight excluding hydrogens is 402 g/mol. The minimum atomic E-state index is -0.582. The fourth-order valence-electron chi connectivity index (χ4n) is 3.37. The molecule has 0 bridgehead atoms. The van der Waals surface area contributed by atoms with Gasteiger partial charge in [-0.25, -0.2) is 4.90 Å². The fraction of sp³-hybridized carbons (Fsp3) is 0.0833. The van der Waals surface area contributed by atoms with Crippen LogP contribution in [0, 0.1) is 0 Å². The number of halogens is 1. The molecule has 150 valence electrons. The van der Waals surface area contributed by atoms with Crippen molar-refractivity contribution >= 4 is 40.4 Å². The van der Waals surface area contributed by atoms with E-state index in [1.807, 2.05) is 30.3 Å². The highest BCUT2D eigenvalue weighted by Crippen LogP contribution is 2.41. The molecule has 5 nitrogen and oxygen atoms in total. The quantitative estimate of drug-likeness (QED) is 0.464. The number of hydrogen-bond donors (Lipinski definition) is 1. The summed E-state index contributed by atoms with van der Waals surface area (Å²) < 4.78 is 5.76. The van der Waals surface area contributed by atoms with Crippen molar-refractivity contribution in [1.82, 2.24) is 0 Å². The molecule has 2 amide bonds. The lowest BCUT2D eigenvalue weighted by Crippen LogP contribution is -2.31. The van der Waals surface area contributed by atoms with Crippen LogP contribution in [0.2, 0.25) is 5.02 Å². The Bertz CT molecular complexity index is 1150. The summed E-state index contributed by atoms with van der Waals surface area (Å²) in [5, 5.41) is 11.2. The van der Waals surface area contributed by atoms with Gasteiger partial charge in [-0.15, -0.1) is 0 Å². The first-order valence-electron chi connectivity index (χ1n) is 9.31. The summed E-state index contributed by atoms with van der Waals surface area (Å²) in [4.78, 5) is 25.9. The number of aliphatic hydroxyl groups excluding tert-OH is 1. The molecule has 0 aliphatic carbocycles. The molecule has 1 aliphatic rings. The zero-order valence-electron chi connectivity index (χ0n) is 16.1. The van der Waals surface area contributed by atoms with E-state index in [1.54, 1.807) is 36.4 Å². The van der Waals surface area contributed by atoms with Gasteiger partial charge in [-0.3, -0.25) is 9.59 Å². The van der Waals surface area contributed by atoms with Gasteiger partial charge in [-0.1, -0.05) is 48.0 Å². The Hall–Kier alpha value is -3.57. The summed E-state index contributed by atoms with van der Waals surface area (Å²) in [6.45, 7) is 1.72. The van der Waals surface area contributed by atoms with Gasteiger partial charge in [0.15, 0.2) is 0 Å². The summed E-state index contributed by atoms with van der Waals surface area (Å²) in [7, 11) is 0. The molecule has 0 atom stereocenters. The van der Waals surface area contributed by atoms with Gasteiger partial charge in [0.2, 0.25) is 5.91 Å². The van der Waals surface area contributed by atoms with E-state index < -0.39 is 11.8 Å². The van der Waals surface area contributed by atoms with Gasteiger partial charge in [-0.05, 0) is 42.0 Å². The second kappa shape index (κ2) is 8.05. The Morgan fingerprint density at radius 1 is 1.03 bits per heavy atom. The fourth-order valence-corrected chi connectivity index (χ4v) is 3.54. The van der Waals surface area contributed by atoms with Crippen LogP contribution in [-0.2, 0) is 16.2 Å². The zero-order valence-corrected chi connectivity index (χ0v) is 16.9. The van der Waals surface area contributed by atoms with E-state index in [-0.39, 0.29) is 11.3 Å². The summed E-state index contributed by atoms with van der Waals surface area (Å²) in [5.41, 5.74) is 2.38. The smallest absolute Gasteiger partial charge is 0.269 e. The Morgan fingerprint density at radius 3 is 2.40 bits per heavy atom. The third-order valence-corrected chi connectivity index (χ3v) is 5.05. The van der Waals surface area contributed by atoms with Crippen LogP contribution in [0.4, 0.5) is 5.69 Å². The van der Waals surface area contributed by atoms with Crippen molar-refractivity contribution in [1.29, 1.82) is 0 Å². The molecule has 6 heteroatoms. The maximum absolute atomic E-state index is 12.9. The van der Waals surface area contributed by atoms with Crippen molar-refractivity contribution in [3.8, 4) is 5.75 Å². The second-order valence-corrected chi connectivity index (χ2v) is 7.28. The number of anilines is 1. The highest BCUT2D eigenvalue weighted by Gasteiger charge is 2.37. The van der Waals surface area contributed by atoms with E-state index in [4.69, 9.17) is 16.3 Å². The third-order valence-electron chi connectivity index (χ3n) is 4.81. The highest BCUT2D eigenvalue weighted by atomic mass is 35.5. The van der Waals surface area contributed by atoms with Crippen molar-refractivity contribution in [2.45, 2.75) is 13.5 Å². The molecule has 4 rings (SSSR count). The van der Waals surface area contributed by atoms with Crippen LogP contribution in [0.25, 0.3) is 11.3 Å². The number of ether oxygens (including phenoxy) is 1. The molecule has 0 fully saturated rings. The topological polar surface area (TPSA) is 66.8 Å². The van der Waals surface area contributed by atoms with Gasteiger partial charge in [0.1, 0.15) is 18.1 Å². The molecule has 0 aromatic heterocycles. The van der Waals surface area contributed by atoms with Crippen molar-refractivity contribution in [3.63, 3.8) is 0 Å². The largest absolute Gasteiger partial charge is 0.506 e. The molecule has 3 aromatic carbocycles. The zero-order chi connectivity index (χ0) is 21.3. The van der Waals surface area contributed by atoms with Gasteiger partial charge in [-0.2, -0.15) is 0 Å². The van der Waals surface area contributed by atoms with Gasteiger partial charge >= 0.3 is 0 Å². The van der Waals surface area contributed by atoms with Crippen LogP contribution in [0.1, 0.15) is 23.6 Å². The van der Waals surface area contributed by atoms with Crippen molar-refractivity contribution in [2.24, 2.45) is 0 Å². The SMILES string of the molecule is CC(=O)N1C(=O)/C(=C(/O)c2ccc(OCc3ccccc3)cc2)c2ccc(Cl)cc21. The number of benzene rings is 3. The predicted molar refractivity (Wildman–Crippen MR) is 116 cm³/mol. The normalized spacial score (nSPS) is 14.5.